The Morgan fingerprint density at radius 2 is 2.27 bits per heavy atom. The number of nitrogens with one attached hydrogen (secondary N) is 1. The molecule has 4 heteroatoms. The number of ether oxygens (including phenoxy) is 1. The van der Waals surface area contributed by atoms with Gasteiger partial charge in [0.15, 0.2) is 0 Å². The van der Waals surface area contributed by atoms with E-state index >= 15 is 0 Å². The van der Waals surface area contributed by atoms with E-state index in [1.165, 1.54) is 0 Å². The molecule has 1 heterocycles. The van der Waals surface area contributed by atoms with Gasteiger partial charge in [0.2, 0.25) is 5.91 Å². The number of carbonyl (C=O) groups excluding carboxylic acids is 1. The molecule has 0 bridgehead atoms. The molecule has 2 rings (SSSR count). The minimum Gasteiger partial charge on any atom is -0.497 e. The predicted octanol–water partition coefficient (Wildman–Crippen LogP) is 2.19. The molecule has 1 aromatic rings. The molecule has 0 aromatic heterocycles. The second-order valence-electron chi connectivity index (χ2n) is 3.85. The van der Waals surface area contributed by atoms with Crippen LogP contribution in [0.25, 0.3) is 0 Å². The molecule has 1 aromatic carbocycles. The highest BCUT2D eigenvalue weighted by molar-refractivity contribution is 6.37. The topological polar surface area (TPSA) is 38.3 Å². The molecule has 0 saturated heterocycles. The van der Waals surface area contributed by atoms with E-state index in [1.807, 2.05) is 12.1 Å². The van der Waals surface area contributed by atoms with Gasteiger partial charge in [-0.2, -0.15) is 0 Å². The van der Waals surface area contributed by atoms with Crippen molar-refractivity contribution in [1.29, 1.82) is 0 Å². The Kier molecular flexibility index (Phi) is 2.35. The smallest absolute Gasteiger partial charge is 0.245 e. The van der Waals surface area contributed by atoms with Crippen molar-refractivity contribution >= 4 is 23.2 Å². The maximum absolute atomic E-state index is 11.6. The number of amides is 1. The number of rotatable bonds is 1. The van der Waals surface area contributed by atoms with Crippen molar-refractivity contribution in [3.05, 3.63) is 23.8 Å². The third-order valence-electron chi connectivity index (χ3n) is 2.56. The van der Waals surface area contributed by atoms with Crippen LogP contribution in [0.1, 0.15) is 12.5 Å². The van der Waals surface area contributed by atoms with Crippen molar-refractivity contribution in [1.82, 2.24) is 0 Å². The fraction of sp³-hybridized carbons (Fsp3) is 0.364. The zero-order valence-electron chi connectivity index (χ0n) is 8.63. The molecule has 3 nitrogen and oxygen atoms in total. The fourth-order valence-electron chi connectivity index (χ4n) is 1.64. The summed E-state index contributed by atoms with van der Waals surface area (Å²) in [6.45, 7) is 1.72. The molecule has 1 amide bonds. The number of benzene rings is 1. The van der Waals surface area contributed by atoms with Gasteiger partial charge < -0.3 is 10.1 Å². The molecule has 0 spiro atoms. The standard InChI is InChI=1S/C11H12ClNO2/c1-11(12)6-7-3-4-8(15-2)5-9(7)13-10(11)14/h3-5H,6H2,1-2H3,(H,13,14). The van der Waals surface area contributed by atoms with Gasteiger partial charge >= 0.3 is 0 Å². The fourth-order valence-corrected chi connectivity index (χ4v) is 1.83. The molecule has 1 aliphatic rings. The van der Waals surface area contributed by atoms with Crippen LogP contribution >= 0.6 is 11.6 Å². The normalized spacial score (nSPS) is 24.3. The lowest BCUT2D eigenvalue weighted by Crippen LogP contribution is -2.40. The number of hydrogen-bond donors (Lipinski definition) is 1. The maximum Gasteiger partial charge on any atom is 0.245 e. The van der Waals surface area contributed by atoms with Gasteiger partial charge in [-0.25, -0.2) is 0 Å². The summed E-state index contributed by atoms with van der Waals surface area (Å²) in [6, 6.07) is 5.59. The van der Waals surface area contributed by atoms with Crippen LogP contribution in [0, 0.1) is 0 Å². The van der Waals surface area contributed by atoms with Crippen molar-refractivity contribution < 1.29 is 9.53 Å². The Labute approximate surface area is 93.4 Å². The summed E-state index contributed by atoms with van der Waals surface area (Å²) in [5.41, 5.74) is 1.82. The number of carbonyl (C=O) groups is 1. The molecule has 0 saturated carbocycles. The van der Waals surface area contributed by atoms with Crippen LogP contribution in [0.5, 0.6) is 5.75 Å². The zero-order chi connectivity index (χ0) is 11.1. The zero-order valence-corrected chi connectivity index (χ0v) is 9.39. The third-order valence-corrected chi connectivity index (χ3v) is 2.87. The molecule has 0 aliphatic carbocycles. The van der Waals surface area contributed by atoms with E-state index in [0.717, 1.165) is 17.0 Å². The third kappa shape index (κ3) is 1.79. The van der Waals surface area contributed by atoms with Crippen LogP contribution in [-0.2, 0) is 11.2 Å². The highest BCUT2D eigenvalue weighted by Crippen LogP contribution is 2.33. The van der Waals surface area contributed by atoms with Gasteiger partial charge in [0.05, 0.1) is 7.11 Å². The Morgan fingerprint density at radius 3 is 2.93 bits per heavy atom. The van der Waals surface area contributed by atoms with Crippen LogP contribution in [0.15, 0.2) is 18.2 Å². The first-order chi connectivity index (χ1) is 7.03. The van der Waals surface area contributed by atoms with Gasteiger partial charge in [0, 0.05) is 18.2 Å². The average Bonchev–Trinajstić information content (AvgIpc) is 2.19. The van der Waals surface area contributed by atoms with Crippen LogP contribution in [0.3, 0.4) is 0 Å². The Bertz CT molecular complexity index is 415. The molecule has 80 valence electrons. The number of fused-ring (bicyclic) bond motifs is 1. The van der Waals surface area contributed by atoms with E-state index in [4.69, 9.17) is 16.3 Å². The second kappa shape index (κ2) is 3.42. The van der Waals surface area contributed by atoms with Gasteiger partial charge in [-0.15, -0.1) is 11.6 Å². The Morgan fingerprint density at radius 1 is 1.53 bits per heavy atom. The first-order valence-corrected chi connectivity index (χ1v) is 5.08. The van der Waals surface area contributed by atoms with E-state index in [-0.39, 0.29) is 5.91 Å². The number of alkyl halides is 1. The number of hydrogen-bond acceptors (Lipinski definition) is 2. The Hall–Kier alpha value is -1.22. The molecule has 15 heavy (non-hydrogen) atoms. The average molecular weight is 226 g/mol. The van der Waals surface area contributed by atoms with E-state index in [1.54, 1.807) is 20.1 Å². The van der Waals surface area contributed by atoms with Crippen molar-refractivity contribution in [3.63, 3.8) is 0 Å². The van der Waals surface area contributed by atoms with Crippen LogP contribution in [0.2, 0.25) is 0 Å². The lowest BCUT2D eigenvalue weighted by atomic mass is 9.94. The summed E-state index contributed by atoms with van der Waals surface area (Å²) in [7, 11) is 1.60. The van der Waals surface area contributed by atoms with Gasteiger partial charge in [-0.3, -0.25) is 4.79 Å². The monoisotopic (exact) mass is 225 g/mol. The minimum absolute atomic E-state index is 0.162. The Balaban J connectivity index is 2.41. The molecular formula is C11H12ClNO2. The lowest BCUT2D eigenvalue weighted by Gasteiger charge is -2.28. The maximum atomic E-state index is 11.6. The summed E-state index contributed by atoms with van der Waals surface area (Å²) >= 11 is 6.08. The molecule has 0 fully saturated rings. The molecular weight excluding hydrogens is 214 g/mol. The number of anilines is 1. The van der Waals surface area contributed by atoms with Crippen molar-refractivity contribution in [2.45, 2.75) is 18.2 Å². The van der Waals surface area contributed by atoms with Gasteiger partial charge in [-0.1, -0.05) is 6.07 Å². The first-order valence-electron chi connectivity index (χ1n) is 4.70. The second-order valence-corrected chi connectivity index (χ2v) is 4.69. The van der Waals surface area contributed by atoms with Crippen molar-refractivity contribution in [2.24, 2.45) is 0 Å². The molecule has 1 atom stereocenters. The minimum atomic E-state index is -0.846. The van der Waals surface area contributed by atoms with E-state index < -0.39 is 4.87 Å². The summed E-state index contributed by atoms with van der Waals surface area (Å²) in [5, 5.41) is 2.77. The van der Waals surface area contributed by atoms with Crippen LogP contribution < -0.4 is 10.1 Å². The summed E-state index contributed by atoms with van der Waals surface area (Å²) < 4.78 is 5.08. The molecule has 1 N–H and O–H groups in total. The first kappa shape index (κ1) is 10.3. The number of halogens is 1. The van der Waals surface area contributed by atoms with Crippen molar-refractivity contribution in [3.8, 4) is 5.75 Å². The summed E-state index contributed by atoms with van der Waals surface area (Å²) in [5.74, 6) is 0.567. The van der Waals surface area contributed by atoms with Crippen LogP contribution in [0.4, 0.5) is 5.69 Å². The number of methoxy groups -OCH3 is 1. The van der Waals surface area contributed by atoms with Gasteiger partial charge in [0.1, 0.15) is 10.6 Å². The SMILES string of the molecule is COc1ccc2c(c1)NC(=O)C(C)(Cl)C2. The van der Waals surface area contributed by atoms with Crippen molar-refractivity contribution in [2.75, 3.05) is 12.4 Å². The highest BCUT2D eigenvalue weighted by atomic mass is 35.5. The molecule has 1 unspecified atom stereocenters. The van der Waals surface area contributed by atoms with Crippen LogP contribution in [-0.4, -0.2) is 17.9 Å². The molecule has 1 aliphatic heterocycles. The van der Waals surface area contributed by atoms with E-state index in [2.05, 4.69) is 5.32 Å². The lowest BCUT2D eigenvalue weighted by molar-refractivity contribution is -0.118. The predicted molar refractivity (Wildman–Crippen MR) is 59.6 cm³/mol. The van der Waals surface area contributed by atoms with E-state index in [0.29, 0.717) is 6.42 Å². The van der Waals surface area contributed by atoms with Gasteiger partial charge in [0.25, 0.3) is 0 Å². The quantitative estimate of drug-likeness (QED) is 0.744. The summed E-state index contributed by atoms with van der Waals surface area (Å²) in [4.78, 5) is 10.7. The largest absolute Gasteiger partial charge is 0.497 e. The highest BCUT2D eigenvalue weighted by Gasteiger charge is 2.35. The van der Waals surface area contributed by atoms with E-state index in [9.17, 15) is 4.79 Å². The molecule has 0 radical (unpaired) electrons. The summed E-state index contributed by atoms with van der Waals surface area (Å²) in [6.07, 6.45) is 0.541. The van der Waals surface area contributed by atoms with Gasteiger partial charge in [-0.05, 0) is 18.6 Å².